The van der Waals surface area contributed by atoms with Gasteiger partial charge in [-0.2, -0.15) is 0 Å². The Morgan fingerprint density at radius 1 is 1.44 bits per heavy atom. The molecule has 0 aromatic heterocycles. The SMILES string of the molecule is CC1(C(Cc2ccccc2)NN)CCCO1. The second-order valence-electron chi connectivity index (χ2n) is 4.67. The van der Waals surface area contributed by atoms with E-state index in [0.29, 0.717) is 0 Å². The zero-order valence-electron chi connectivity index (χ0n) is 9.78. The Hall–Kier alpha value is -0.900. The fraction of sp³-hybridized carbons (Fsp3) is 0.538. The summed E-state index contributed by atoms with van der Waals surface area (Å²) in [6.07, 6.45) is 3.12. The van der Waals surface area contributed by atoms with E-state index < -0.39 is 0 Å². The third-order valence-electron chi connectivity index (χ3n) is 3.47. The first kappa shape index (κ1) is 11.6. The molecule has 1 fully saturated rings. The van der Waals surface area contributed by atoms with Gasteiger partial charge in [-0.15, -0.1) is 0 Å². The molecular weight excluding hydrogens is 200 g/mol. The number of ether oxygens (including phenoxy) is 1. The standard InChI is InChI=1S/C13H20N2O/c1-13(8-5-9-16-13)12(15-14)10-11-6-3-2-4-7-11/h2-4,6-7,12,15H,5,8-10,14H2,1H3. The Balaban J connectivity index is 2.06. The Bertz CT molecular complexity index is 320. The summed E-state index contributed by atoms with van der Waals surface area (Å²) in [5, 5.41) is 0. The van der Waals surface area contributed by atoms with E-state index in [4.69, 9.17) is 10.6 Å². The van der Waals surface area contributed by atoms with Gasteiger partial charge in [0.2, 0.25) is 0 Å². The summed E-state index contributed by atoms with van der Waals surface area (Å²) >= 11 is 0. The molecule has 2 rings (SSSR count). The van der Waals surface area contributed by atoms with Crippen molar-refractivity contribution in [3.8, 4) is 0 Å². The lowest BCUT2D eigenvalue weighted by atomic mass is 9.89. The molecule has 88 valence electrons. The average molecular weight is 220 g/mol. The number of benzene rings is 1. The lowest BCUT2D eigenvalue weighted by Gasteiger charge is -2.32. The van der Waals surface area contributed by atoms with Crippen molar-refractivity contribution in [1.29, 1.82) is 0 Å². The molecule has 1 aromatic rings. The van der Waals surface area contributed by atoms with Crippen LogP contribution in [0.2, 0.25) is 0 Å². The van der Waals surface area contributed by atoms with Gasteiger partial charge in [-0.3, -0.25) is 11.3 Å². The number of nitrogens with one attached hydrogen (secondary N) is 1. The van der Waals surface area contributed by atoms with Crippen LogP contribution in [0.5, 0.6) is 0 Å². The van der Waals surface area contributed by atoms with Crippen molar-refractivity contribution >= 4 is 0 Å². The Morgan fingerprint density at radius 3 is 2.75 bits per heavy atom. The van der Waals surface area contributed by atoms with Gasteiger partial charge >= 0.3 is 0 Å². The van der Waals surface area contributed by atoms with E-state index in [1.807, 2.05) is 6.07 Å². The van der Waals surface area contributed by atoms with Gasteiger partial charge in [0.25, 0.3) is 0 Å². The van der Waals surface area contributed by atoms with Crippen LogP contribution in [0, 0.1) is 0 Å². The van der Waals surface area contributed by atoms with Gasteiger partial charge in [-0.1, -0.05) is 30.3 Å². The van der Waals surface area contributed by atoms with Crippen molar-refractivity contribution in [2.45, 2.75) is 37.8 Å². The molecule has 3 N–H and O–H groups in total. The van der Waals surface area contributed by atoms with Crippen LogP contribution in [0.25, 0.3) is 0 Å². The van der Waals surface area contributed by atoms with Crippen LogP contribution >= 0.6 is 0 Å². The summed E-state index contributed by atoms with van der Waals surface area (Å²) in [7, 11) is 0. The molecule has 1 aromatic carbocycles. The highest BCUT2D eigenvalue weighted by Gasteiger charge is 2.37. The third kappa shape index (κ3) is 2.43. The fourth-order valence-corrected chi connectivity index (χ4v) is 2.38. The smallest absolute Gasteiger partial charge is 0.0824 e. The second-order valence-corrected chi connectivity index (χ2v) is 4.67. The molecule has 0 aliphatic carbocycles. The number of hydrogen-bond acceptors (Lipinski definition) is 3. The third-order valence-corrected chi connectivity index (χ3v) is 3.47. The molecule has 1 aliphatic heterocycles. The summed E-state index contributed by atoms with van der Waals surface area (Å²) in [5.74, 6) is 5.66. The van der Waals surface area contributed by atoms with Crippen molar-refractivity contribution in [2.24, 2.45) is 5.84 Å². The molecule has 0 radical (unpaired) electrons. The molecule has 3 heteroatoms. The normalized spacial score (nSPS) is 26.9. The highest BCUT2D eigenvalue weighted by molar-refractivity contribution is 5.17. The molecule has 0 spiro atoms. The van der Waals surface area contributed by atoms with E-state index in [2.05, 4.69) is 36.6 Å². The summed E-state index contributed by atoms with van der Waals surface area (Å²) in [6.45, 7) is 3.00. The van der Waals surface area contributed by atoms with E-state index in [9.17, 15) is 0 Å². The van der Waals surface area contributed by atoms with Crippen LogP contribution in [-0.4, -0.2) is 18.2 Å². The molecule has 16 heavy (non-hydrogen) atoms. The first-order valence-electron chi connectivity index (χ1n) is 5.88. The number of hydrazine groups is 1. The number of rotatable bonds is 4. The topological polar surface area (TPSA) is 47.3 Å². The molecule has 2 atom stereocenters. The monoisotopic (exact) mass is 220 g/mol. The van der Waals surface area contributed by atoms with Gasteiger partial charge in [0, 0.05) is 6.61 Å². The largest absolute Gasteiger partial charge is 0.374 e. The maximum absolute atomic E-state index is 5.82. The maximum Gasteiger partial charge on any atom is 0.0824 e. The van der Waals surface area contributed by atoms with Crippen LogP contribution < -0.4 is 11.3 Å². The van der Waals surface area contributed by atoms with Crippen molar-refractivity contribution in [3.63, 3.8) is 0 Å². The van der Waals surface area contributed by atoms with E-state index in [-0.39, 0.29) is 11.6 Å². The molecule has 3 nitrogen and oxygen atoms in total. The predicted octanol–water partition coefficient (Wildman–Crippen LogP) is 1.63. The van der Waals surface area contributed by atoms with Gasteiger partial charge in [-0.05, 0) is 31.7 Å². The maximum atomic E-state index is 5.82. The molecule has 0 bridgehead atoms. The second kappa shape index (κ2) is 4.95. The van der Waals surface area contributed by atoms with E-state index >= 15 is 0 Å². The minimum absolute atomic E-state index is 0.120. The number of hydrogen-bond donors (Lipinski definition) is 2. The van der Waals surface area contributed by atoms with Crippen molar-refractivity contribution in [1.82, 2.24) is 5.43 Å². The lowest BCUT2D eigenvalue weighted by Crippen LogP contribution is -2.52. The first-order chi connectivity index (χ1) is 7.74. The van der Waals surface area contributed by atoms with Crippen molar-refractivity contribution in [2.75, 3.05) is 6.61 Å². The van der Waals surface area contributed by atoms with Gasteiger partial charge in [0.1, 0.15) is 0 Å². The van der Waals surface area contributed by atoms with Crippen molar-refractivity contribution in [3.05, 3.63) is 35.9 Å². The molecular formula is C13H20N2O. The Kier molecular flexibility index (Phi) is 3.59. The van der Waals surface area contributed by atoms with Gasteiger partial charge in [0.15, 0.2) is 0 Å². The Morgan fingerprint density at radius 2 is 2.19 bits per heavy atom. The van der Waals surface area contributed by atoms with Gasteiger partial charge in [0.05, 0.1) is 11.6 Å². The molecule has 0 saturated carbocycles. The van der Waals surface area contributed by atoms with E-state index in [0.717, 1.165) is 25.9 Å². The molecule has 2 unspecified atom stereocenters. The zero-order chi connectivity index (χ0) is 11.4. The van der Waals surface area contributed by atoms with Gasteiger partial charge < -0.3 is 4.74 Å². The van der Waals surface area contributed by atoms with Crippen LogP contribution in [0.4, 0.5) is 0 Å². The fourth-order valence-electron chi connectivity index (χ4n) is 2.38. The summed E-state index contributed by atoms with van der Waals surface area (Å²) < 4.78 is 5.82. The molecule has 1 heterocycles. The number of nitrogens with two attached hydrogens (primary N) is 1. The highest BCUT2D eigenvalue weighted by atomic mass is 16.5. The average Bonchev–Trinajstić information content (AvgIpc) is 2.75. The first-order valence-corrected chi connectivity index (χ1v) is 5.88. The minimum Gasteiger partial charge on any atom is -0.374 e. The highest BCUT2D eigenvalue weighted by Crippen LogP contribution is 2.29. The lowest BCUT2D eigenvalue weighted by molar-refractivity contribution is -0.0115. The van der Waals surface area contributed by atoms with Crippen molar-refractivity contribution < 1.29 is 4.74 Å². The molecule has 1 saturated heterocycles. The van der Waals surface area contributed by atoms with E-state index in [1.54, 1.807) is 0 Å². The van der Waals surface area contributed by atoms with Crippen LogP contribution in [-0.2, 0) is 11.2 Å². The molecule has 0 amide bonds. The van der Waals surface area contributed by atoms with Crippen LogP contribution in [0.1, 0.15) is 25.3 Å². The van der Waals surface area contributed by atoms with Crippen LogP contribution in [0.15, 0.2) is 30.3 Å². The molecule has 1 aliphatic rings. The quantitative estimate of drug-likeness (QED) is 0.599. The van der Waals surface area contributed by atoms with E-state index in [1.165, 1.54) is 5.56 Å². The predicted molar refractivity (Wildman–Crippen MR) is 64.8 cm³/mol. The summed E-state index contributed by atoms with van der Waals surface area (Å²) in [6, 6.07) is 10.6. The summed E-state index contributed by atoms with van der Waals surface area (Å²) in [5.41, 5.74) is 4.08. The summed E-state index contributed by atoms with van der Waals surface area (Å²) in [4.78, 5) is 0. The van der Waals surface area contributed by atoms with Crippen LogP contribution in [0.3, 0.4) is 0 Å². The minimum atomic E-state index is -0.120. The zero-order valence-corrected chi connectivity index (χ0v) is 9.78. The Labute approximate surface area is 97.0 Å². The van der Waals surface area contributed by atoms with Gasteiger partial charge in [-0.25, -0.2) is 0 Å².